The van der Waals surface area contributed by atoms with Crippen molar-refractivity contribution >= 4 is 11.8 Å². The van der Waals surface area contributed by atoms with Crippen LogP contribution in [0.4, 0.5) is 0 Å². The van der Waals surface area contributed by atoms with Crippen LogP contribution >= 0.6 is 11.8 Å². The Morgan fingerprint density at radius 3 is 3.05 bits per heavy atom. The van der Waals surface area contributed by atoms with E-state index < -0.39 is 0 Å². The molecule has 1 N–H and O–H groups in total. The highest BCUT2D eigenvalue weighted by Crippen LogP contribution is 2.27. The maximum absolute atomic E-state index is 8.73. The predicted molar refractivity (Wildman–Crippen MR) is 77.6 cm³/mol. The minimum atomic E-state index is 0.0794. The van der Waals surface area contributed by atoms with Gasteiger partial charge in [0.1, 0.15) is 12.0 Å². The fourth-order valence-corrected chi connectivity index (χ4v) is 2.37. The molecule has 0 aliphatic rings. The van der Waals surface area contributed by atoms with E-state index in [1.165, 1.54) is 11.8 Å². The Morgan fingerprint density at radius 2 is 2.35 bits per heavy atom. The second kappa shape index (κ2) is 7.63. The van der Waals surface area contributed by atoms with Gasteiger partial charge in [0.25, 0.3) is 5.22 Å². The molecule has 0 aliphatic heterocycles. The van der Waals surface area contributed by atoms with Crippen LogP contribution < -0.4 is 4.74 Å². The average Bonchev–Trinajstić information content (AvgIpc) is 2.99. The largest absolute Gasteiger partial charge is 0.496 e. The lowest BCUT2D eigenvalue weighted by atomic mass is 10.1. The van der Waals surface area contributed by atoms with Gasteiger partial charge in [0.2, 0.25) is 0 Å². The third-order valence-electron chi connectivity index (χ3n) is 2.51. The molecule has 20 heavy (non-hydrogen) atoms. The second-order valence-corrected chi connectivity index (χ2v) is 4.82. The van der Waals surface area contributed by atoms with Crippen LogP contribution in [0.1, 0.15) is 17.5 Å². The number of aliphatic hydroxyl groups is 1. The molecule has 0 radical (unpaired) electrons. The maximum Gasteiger partial charge on any atom is 0.255 e. The van der Waals surface area contributed by atoms with Crippen LogP contribution in [-0.2, 0) is 5.75 Å². The monoisotopic (exact) mass is 289 g/mol. The number of nitrogens with zero attached hydrogens (tertiary/aromatic N) is 1. The van der Waals surface area contributed by atoms with E-state index in [1.54, 1.807) is 19.6 Å². The van der Waals surface area contributed by atoms with Gasteiger partial charge in [-0.1, -0.05) is 23.6 Å². The van der Waals surface area contributed by atoms with E-state index in [4.69, 9.17) is 14.3 Å². The van der Waals surface area contributed by atoms with Crippen LogP contribution in [0.15, 0.2) is 40.3 Å². The molecular formula is C15H15NO3S. The Labute approximate surface area is 122 Å². The zero-order chi connectivity index (χ0) is 14.2. The predicted octanol–water partition coefficient (Wildman–Crippen LogP) is 2.71. The summed E-state index contributed by atoms with van der Waals surface area (Å²) < 4.78 is 10.5. The lowest BCUT2D eigenvalue weighted by Crippen LogP contribution is -1.91. The van der Waals surface area contributed by atoms with Gasteiger partial charge >= 0.3 is 0 Å². The number of hydrogen-bond acceptors (Lipinski definition) is 5. The molecule has 4 nitrogen and oxygen atoms in total. The third-order valence-corrected chi connectivity index (χ3v) is 3.41. The number of ether oxygens (including phenoxy) is 1. The summed E-state index contributed by atoms with van der Waals surface area (Å²) in [6.45, 7) is 0.0794. The van der Waals surface area contributed by atoms with Gasteiger partial charge in [0, 0.05) is 23.3 Å². The normalized spacial score (nSPS) is 9.90. The Bertz CT molecular complexity index is 599. The van der Waals surface area contributed by atoms with Crippen LogP contribution in [0.2, 0.25) is 0 Å². The summed E-state index contributed by atoms with van der Waals surface area (Å²) in [5.74, 6) is 7.43. The minimum Gasteiger partial charge on any atom is -0.496 e. The standard InChI is InChI=1S/C15H15NO3S/c1-18-14-6-5-12(4-2-3-8-17)10-13(14)11-20-15-16-7-9-19-15/h5-7,9-10,17H,3,8,11H2,1H3. The molecular weight excluding hydrogens is 274 g/mol. The molecule has 1 aromatic carbocycles. The van der Waals surface area contributed by atoms with E-state index in [2.05, 4.69) is 16.8 Å². The number of methoxy groups -OCH3 is 1. The van der Waals surface area contributed by atoms with Gasteiger partial charge in [-0.3, -0.25) is 0 Å². The number of aliphatic hydroxyl groups excluding tert-OH is 1. The first kappa shape index (κ1) is 14.5. The quantitative estimate of drug-likeness (QED) is 0.677. The molecule has 0 atom stereocenters. The van der Waals surface area contributed by atoms with E-state index in [-0.39, 0.29) is 6.61 Å². The van der Waals surface area contributed by atoms with E-state index >= 15 is 0 Å². The zero-order valence-corrected chi connectivity index (χ0v) is 11.9. The number of oxazole rings is 1. The molecule has 5 heteroatoms. The van der Waals surface area contributed by atoms with E-state index in [0.717, 1.165) is 16.9 Å². The summed E-state index contributed by atoms with van der Waals surface area (Å²) in [5, 5.41) is 9.36. The highest BCUT2D eigenvalue weighted by molar-refractivity contribution is 7.98. The molecule has 2 aromatic rings. The molecule has 0 spiro atoms. The van der Waals surface area contributed by atoms with Gasteiger partial charge in [-0.05, 0) is 18.2 Å². The number of thioether (sulfide) groups is 1. The van der Waals surface area contributed by atoms with Gasteiger partial charge in [-0.15, -0.1) is 0 Å². The van der Waals surface area contributed by atoms with Gasteiger partial charge in [-0.25, -0.2) is 4.98 Å². The van der Waals surface area contributed by atoms with Crippen molar-refractivity contribution in [2.75, 3.05) is 13.7 Å². The first-order valence-electron chi connectivity index (χ1n) is 6.12. The number of aromatic nitrogens is 1. The summed E-state index contributed by atoms with van der Waals surface area (Å²) in [6.07, 6.45) is 3.65. The highest BCUT2D eigenvalue weighted by Gasteiger charge is 2.06. The van der Waals surface area contributed by atoms with Crippen LogP contribution in [0.25, 0.3) is 0 Å². The molecule has 1 aromatic heterocycles. The highest BCUT2D eigenvalue weighted by atomic mass is 32.2. The Morgan fingerprint density at radius 1 is 1.45 bits per heavy atom. The van der Waals surface area contributed by atoms with Gasteiger partial charge in [0.15, 0.2) is 0 Å². The fraction of sp³-hybridized carbons (Fsp3) is 0.267. The molecule has 0 bridgehead atoms. The Balaban J connectivity index is 2.12. The van der Waals surface area contributed by atoms with Crippen molar-refractivity contribution in [2.24, 2.45) is 0 Å². The van der Waals surface area contributed by atoms with Crippen LogP contribution in [0, 0.1) is 11.8 Å². The summed E-state index contributed by atoms with van der Waals surface area (Å²) in [5.41, 5.74) is 1.94. The summed E-state index contributed by atoms with van der Waals surface area (Å²) >= 11 is 1.50. The second-order valence-electron chi connectivity index (χ2n) is 3.89. The molecule has 0 fully saturated rings. The van der Waals surface area contributed by atoms with Gasteiger partial charge < -0.3 is 14.3 Å². The van der Waals surface area contributed by atoms with Crippen molar-refractivity contribution in [3.8, 4) is 17.6 Å². The van der Waals surface area contributed by atoms with Crippen molar-refractivity contribution < 1.29 is 14.3 Å². The molecule has 0 amide bonds. The molecule has 2 rings (SSSR count). The number of rotatable bonds is 5. The third kappa shape index (κ3) is 4.05. The lowest BCUT2D eigenvalue weighted by molar-refractivity contribution is 0.305. The molecule has 0 aliphatic carbocycles. The SMILES string of the molecule is COc1ccc(C#CCCO)cc1CSc1ncco1. The van der Waals surface area contributed by atoms with Crippen molar-refractivity contribution in [1.82, 2.24) is 4.98 Å². The topological polar surface area (TPSA) is 55.5 Å². The van der Waals surface area contributed by atoms with E-state index in [0.29, 0.717) is 17.4 Å². The van der Waals surface area contributed by atoms with E-state index in [1.807, 2.05) is 18.2 Å². The first-order chi connectivity index (χ1) is 9.83. The van der Waals surface area contributed by atoms with Crippen LogP contribution in [-0.4, -0.2) is 23.8 Å². The molecule has 0 unspecified atom stereocenters. The van der Waals surface area contributed by atoms with Crippen LogP contribution in [0.5, 0.6) is 5.75 Å². The lowest BCUT2D eigenvalue weighted by Gasteiger charge is -2.07. The zero-order valence-electron chi connectivity index (χ0n) is 11.1. The Kier molecular flexibility index (Phi) is 5.54. The maximum atomic E-state index is 8.73. The molecule has 104 valence electrons. The summed E-state index contributed by atoms with van der Waals surface area (Å²) in [4.78, 5) is 4.07. The minimum absolute atomic E-state index is 0.0794. The smallest absolute Gasteiger partial charge is 0.255 e. The fourth-order valence-electron chi connectivity index (χ4n) is 1.61. The molecule has 0 saturated carbocycles. The van der Waals surface area contributed by atoms with E-state index in [9.17, 15) is 0 Å². The number of hydrogen-bond donors (Lipinski definition) is 1. The van der Waals surface area contributed by atoms with Crippen molar-refractivity contribution in [3.63, 3.8) is 0 Å². The first-order valence-corrected chi connectivity index (χ1v) is 7.11. The van der Waals surface area contributed by atoms with Crippen molar-refractivity contribution in [2.45, 2.75) is 17.4 Å². The van der Waals surface area contributed by atoms with Crippen LogP contribution in [0.3, 0.4) is 0 Å². The van der Waals surface area contributed by atoms with Crippen molar-refractivity contribution in [1.29, 1.82) is 0 Å². The van der Waals surface area contributed by atoms with Crippen molar-refractivity contribution in [3.05, 3.63) is 41.8 Å². The Hall–Kier alpha value is -1.90. The molecule has 1 heterocycles. The molecule has 0 saturated heterocycles. The number of benzene rings is 1. The summed E-state index contributed by atoms with van der Waals surface area (Å²) in [7, 11) is 1.64. The summed E-state index contributed by atoms with van der Waals surface area (Å²) in [6, 6.07) is 5.79. The van der Waals surface area contributed by atoms with Gasteiger partial charge in [0.05, 0.1) is 19.9 Å². The van der Waals surface area contributed by atoms with Gasteiger partial charge in [-0.2, -0.15) is 0 Å². The average molecular weight is 289 g/mol.